The Morgan fingerprint density at radius 1 is 0.792 bits per heavy atom. The summed E-state index contributed by atoms with van der Waals surface area (Å²) in [4.78, 5) is 8.57. The molecule has 3 rings (SSSR count). The Labute approximate surface area is 141 Å². The first-order valence-corrected chi connectivity index (χ1v) is 9.15. The van der Waals surface area contributed by atoms with Gasteiger partial charge in [0.05, 0.1) is 17.1 Å². The van der Waals surface area contributed by atoms with Crippen molar-refractivity contribution >= 4 is 10.0 Å². The van der Waals surface area contributed by atoms with Gasteiger partial charge in [0.15, 0.2) is 0 Å². The minimum absolute atomic E-state index is 0.0344. The van der Waals surface area contributed by atoms with Gasteiger partial charge < -0.3 is 0 Å². The van der Waals surface area contributed by atoms with Crippen molar-refractivity contribution in [1.29, 1.82) is 0 Å². The summed E-state index contributed by atoms with van der Waals surface area (Å²) in [5, 5.41) is 0. The molecule has 0 saturated carbocycles. The lowest BCUT2D eigenvalue weighted by Gasteiger charge is -2.07. The van der Waals surface area contributed by atoms with Crippen LogP contribution in [-0.2, 0) is 22.3 Å². The van der Waals surface area contributed by atoms with Gasteiger partial charge in [0, 0.05) is 18.9 Å². The molecule has 0 unspecified atom stereocenters. The minimum atomic E-state index is -3.39. The van der Waals surface area contributed by atoms with E-state index in [1.165, 1.54) is 0 Å². The molecule has 0 aliphatic carbocycles. The zero-order valence-corrected chi connectivity index (χ0v) is 13.8. The molecule has 0 radical (unpaired) electrons. The van der Waals surface area contributed by atoms with Crippen LogP contribution >= 0.6 is 0 Å². The van der Waals surface area contributed by atoms with Gasteiger partial charge in [0.25, 0.3) is 0 Å². The molecule has 0 atom stereocenters. The SMILES string of the molecule is O=S(=O)(Cc1ccccc1)NCc1ccc(-c2ccccn2)nc1. The normalized spacial score (nSPS) is 11.3. The first-order valence-electron chi connectivity index (χ1n) is 7.50. The zero-order chi connectivity index (χ0) is 16.8. The third-order valence-corrected chi connectivity index (χ3v) is 4.75. The first kappa shape index (κ1) is 16.3. The van der Waals surface area contributed by atoms with Gasteiger partial charge in [-0.15, -0.1) is 0 Å². The summed E-state index contributed by atoms with van der Waals surface area (Å²) in [6.45, 7) is 0.213. The maximum atomic E-state index is 12.1. The van der Waals surface area contributed by atoms with E-state index in [0.29, 0.717) is 0 Å². The standard InChI is InChI=1S/C18H17N3O2S/c22-24(23,14-15-6-2-1-3-7-15)21-13-16-9-10-18(20-12-16)17-8-4-5-11-19-17/h1-12,21H,13-14H2. The number of hydrogen-bond acceptors (Lipinski definition) is 4. The molecular formula is C18H17N3O2S. The largest absolute Gasteiger partial charge is 0.255 e. The van der Waals surface area contributed by atoms with Gasteiger partial charge in [-0.2, -0.15) is 0 Å². The van der Waals surface area contributed by atoms with Crippen molar-refractivity contribution in [3.8, 4) is 11.4 Å². The lowest BCUT2D eigenvalue weighted by Crippen LogP contribution is -2.24. The summed E-state index contributed by atoms with van der Waals surface area (Å²) in [5.41, 5.74) is 3.10. The van der Waals surface area contributed by atoms with Crippen molar-refractivity contribution in [3.63, 3.8) is 0 Å². The molecule has 0 aliphatic rings. The molecule has 1 aromatic carbocycles. The van der Waals surface area contributed by atoms with Gasteiger partial charge in [-0.25, -0.2) is 13.1 Å². The lowest BCUT2D eigenvalue weighted by atomic mass is 10.2. The predicted octanol–water partition coefficient (Wildman–Crippen LogP) is 2.76. The summed E-state index contributed by atoms with van der Waals surface area (Å²) in [7, 11) is -3.39. The maximum absolute atomic E-state index is 12.1. The van der Waals surface area contributed by atoms with Crippen LogP contribution in [-0.4, -0.2) is 18.4 Å². The van der Waals surface area contributed by atoms with Crippen molar-refractivity contribution in [1.82, 2.24) is 14.7 Å². The predicted molar refractivity (Wildman–Crippen MR) is 93.4 cm³/mol. The van der Waals surface area contributed by atoms with Crippen molar-refractivity contribution in [2.75, 3.05) is 0 Å². The van der Waals surface area contributed by atoms with E-state index in [2.05, 4.69) is 14.7 Å². The van der Waals surface area contributed by atoms with E-state index in [-0.39, 0.29) is 12.3 Å². The highest BCUT2D eigenvalue weighted by Crippen LogP contribution is 2.13. The first-order chi connectivity index (χ1) is 11.6. The number of benzene rings is 1. The van der Waals surface area contributed by atoms with E-state index >= 15 is 0 Å². The number of nitrogens with one attached hydrogen (secondary N) is 1. The van der Waals surface area contributed by atoms with E-state index in [4.69, 9.17) is 0 Å². The number of nitrogens with zero attached hydrogens (tertiary/aromatic N) is 2. The van der Waals surface area contributed by atoms with E-state index in [0.717, 1.165) is 22.5 Å². The molecule has 0 fully saturated rings. The maximum Gasteiger partial charge on any atom is 0.216 e. The highest BCUT2D eigenvalue weighted by molar-refractivity contribution is 7.88. The molecule has 0 spiro atoms. The highest BCUT2D eigenvalue weighted by atomic mass is 32.2. The molecule has 122 valence electrons. The van der Waals surface area contributed by atoms with Gasteiger partial charge >= 0.3 is 0 Å². The molecule has 6 heteroatoms. The summed E-state index contributed by atoms with van der Waals surface area (Å²) in [6.07, 6.45) is 3.37. The molecule has 1 N–H and O–H groups in total. The third-order valence-electron chi connectivity index (χ3n) is 3.45. The zero-order valence-electron chi connectivity index (χ0n) is 13.0. The molecule has 0 aliphatic heterocycles. The topological polar surface area (TPSA) is 72.0 Å². The Morgan fingerprint density at radius 3 is 2.21 bits per heavy atom. The Balaban J connectivity index is 1.62. The Bertz CT molecular complexity index is 881. The quantitative estimate of drug-likeness (QED) is 0.749. The van der Waals surface area contributed by atoms with Crippen molar-refractivity contribution < 1.29 is 8.42 Å². The molecule has 2 aromatic heterocycles. The number of pyridine rings is 2. The van der Waals surface area contributed by atoms with Gasteiger partial charge in [-0.1, -0.05) is 42.5 Å². The fourth-order valence-electron chi connectivity index (χ4n) is 2.23. The number of hydrogen-bond donors (Lipinski definition) is 1. The third kappa shape index (κ3) is 4.47. The molecule has 24 heavy (non-hydrogen) atoms. The summed E-state index contributed by atoms with van der Waals surface area (Å²) >= 11 is 0. The second kappa shape index (κ2) is 7.33. The van der Waals surface area contributed by atoms with Gasteiger partial charge in [-0.3, -0.25) is 9.97 Å². The molecule has 0 saturated heterocycles. The number of sulfonamides is 1. The molecular weight excluding hydrogens is 322 g/mol. The molecule has 0 amide bonds. The van der Waals surface area contributed by atoms with Crippen LogP contribution in [0.3, 0.4) is 0 Å². The summed E-state index contributed by atoms with van der Waals surface area (Å²) in [6, 6.07) is 18.4. The smallest absolute Gasteiger partial charge is 0.216 e. The lowest BCUT2D eigenvalue weighted by molar-refractivity contribution is 0.580. The molecule has 2 heterocycles. The monoisotopic (exact) mass is 339 g/mol. The van der Waals surface area contributed by atoms with Crippen LogP contribution in [0.1, 0.15) is 11.1 Å². The van der Waals surface area contributed by atoms with E-state index in [9.17, 15) is 8.42 Å². The Morgan fingerprint density at radius 2 is 1.54 bits per heavy atom. The fourth-order valence-corrected chi connectivity index (χ4v) is 3.35. The second-order valence-electron chi connectivity index (χ2n) is 5.33. The van der Waals surface area contributed by atoms with Crippen LogP contribution in [0.25, 0.3) is 11.4 Å². The van der Waals surface area contributed by atoms with Crippen molar-refractivity contribution in [2.24, 2.45) is 0 Å². The molecule has 3 aromatic rings. The van der Waals surface area contributed by atoms with Gasteiger partial charge in [0.2, 0.25) is 10.0 Å². The summed E-state index contributed by atoms with van der Waals surface area (Å²) in [5.74, 6) is -0.0344. The average molecular weight is 339 g/mol. The number of aromatic nitrogens is 2. The van der Waals surface area contributed by atoms with Crippen LogP contribution in [0.15, 0.2) is 73.1 Å². The van der Waals surface area contributed by atoms with Crippen LogP contribution in [0.5, 0.6) is 0 Å². The van der Waals surface area contributed by atoms with Crippen LogP contribution in [0, 0.1) is 0 Å². The van der Waals surface area contributed by atoms with Crippen LogP contribution < -0.4 is 4.72 Å². The Hall–Kier alpha value is -2.57. The molecule has 5 nitrogen and oxygen atoms in total. The average Bonchev–Trinajstić information content (AvgIpc) is 2.62. The van der Waals surface area contributed by atoms with E-state index in [1.54, 1.807) is 24.5 Å². The highest BCUT2D eigenvalue weighted by Gasteiger charge is 2.11. The van der Waals surface area contributed by atoms with Gasteiger partial charge in [-0.05, 0) is 29.3 Å². The van der Waals surface area contributed by atoms with Crippen molar-refractivity contribution in [2.45, 2.75) is 12.3 Å². The summed E-state index contributed by atoms with van der Waals surface area (Å²) < 4.78 is 26.8. The van der Waals surface area contributed by atoms with Crippen molar-refractivity contribution in [3.05, 3.63) is 84.2 Å². The molecule has 0 bridgehead atoms. The van der Waals surface area contributed by atoms with E-state index < -0.39 is 10.0 Å². The van der Waals surface area contributed by atoms with Gasteiger partial charge in [0.1, 0.15) is 0 Å². The van der Waals surface area contributed by atoms with Crippen LogP contribution in [0.4, 0.5) is 0 Å². The van der Waals surface area contributed by atoms with E-state index in [1.807, 2.05) is 48.5 Å². The Kier molecular flexibility index (Phi) is 4.98. The second-order valence-corrected chi connectivity index (χ2v) is 7.14. The van der Waals surface area contributed by atoms with Crippen LogP contribution in [0.2, 0.25) is 0 Å². The number of rotatable bonds is 6. The fraction of sp³-hybridized carbons (Fsp3) is 0.111. The minimum Gasteiger partial charge on any atom is -0.255 e.